The summed E-state index contributed by atoms with van der Waals surface area (Å²) in [5.74, 6) is -0.842. The van der Waals surface area contributed by atoms with E-state index in [1.165, 1.54) is 4.90 Å². The van der Waals surface area contributed by atoms with Crippen molar-refractivity contribution in [1.29, 1.82) is 5.26 Å². The predicted molar refractivity (Wildman–Crippen MR) is 68.5 cm³/mol. The second kappa shape index (κ2) is 7.59. The van der Waals surface area contributed by atoms with Gasteiger partial charge in [0.1, 0.15) is 0 Å². The van der Waals surface area contributed by atoms with E-state index in [0.717, 1.165) is 6.42 Å². The third-order valence-corrected chi connectivity index (χ3v) is 3.10. The standard InChI is InChI=1S/C12H20N4O3/c1-14(5-2-4-13)12(19)16-7-3-6-15(8-9-16)10-11(17)18/h2-3,5-10H2,1H3,(H,17,18). The van der Waals surface area contributed by atoms with Gasteiger partial charge in [-0.05, 0) is 6.42 Å². The average molecular weight is 268 g/mol. The molecule has 1 fully saturated rings. The van der Waals surface area contributed by atoms with Crippen molar-refractivity contribution in [2.75, 3.05) is 46.3 Å². The van der Waals surface area contributed by atoms with E-state index in [4.69, 9.17) is 10.4 Å². The predicted octanol–water partition coefficient (Wildman–Crippen LogP) is 0.0442. The van der Waals surface area contributed by atoms with Gasteiger partial charge in [0.15, 0.2) is 0 Å². The molecule has 2 amide bonds. The molecule has 0 radical (unpaired) electrons. The number of amides is 2. The summed E-state index contributed by atoms with van der Waals surface area (Å²) in [4.78, 5) is 27.9. The van der Waals surface area contributed by atoms with Gasteiger partial charge < -0.3 is 14.9 Å². The van der Waals surface area contributed by atoms with Crippen molar-refractivity contribution in [2.45, 2.75) is 12.8 Å². The Morgan fingerprint density at radius 3 is 2.68 bits per heavy atom. The van der Waals surface area contributed by atoms with Crippen LogP contribution in [0.25, 0.3) is 0 Å². The number of nitriles is 1. The number of carboxylic acid groups (broad SMARTS) is 1. The summed E-state index contributed by atoms with van der Waals surface area (Å²) in [6, 6.07) is 1.92. The van der Waals surface area contributed by atoms with Gasteiger partial charge in [0.05, 0.1) is 19.0 Å². The zero-order valence-electron chi connectivity index (χ0n) is 11.2. The molecule has 0 aliphatic carbocycles. The first kappa shape index (κ1) is 15.2. The molecule has 7 heteroatoms. The van der Waals surface area contributed by atoms with E-state index in [-0.39, 0.29) is 12.6 Å². The maximum atomic E-state index is 12.1. The van der Waals surface area contributed by atoms with Gasteiger partial charge in [0.2, 0.25) is 0 Å². The fraction of sp³-hybridized carbons (Fsp3) is 0.750. The molecule has 1 aliphatic heterocycles. The number of nitrogens with zero attached hydrogens (tertiary/aromatic N) is 4. The summed E-state index contributed by atoms with van der Waals surface area (Å²) < 4.78 is 0. The molecule has 106 valence electrons. The molecule has 0 spiro atoms. The molecule has 0 atom stereocenters. The number of carboxylic acids is 1. The molecule has 7 nitrogen and oxygen atoms in total. The zero-order valence-corrected chi connectivity index (χ0v) is 11.2. The third kappa shape index (κ3) is 5.14. The third-order valence-electron chi connectivity index (χ3n) is 3.10. The van der Waals surface area contributed by atoms with Crippen molar-refractivity contribution < 1.29 is 14.7 Å². The molecular formula is C12H20N4O3. The Kier molecular flexibility index (Phi) is 6.09. The highest BCUT2D eigenvalue weighted by molar-refractivity contribution is 5.74. The van der Waals surface area contributed by atoms with Crippen molar-refractivity contribution >= 4 is 12.0 Å². The lowest BCUT2D eigenvalue weighted by Crippen LogP contribution is -2.43. The maximum absolute atomic E-state index is 12.1. The van der Waals surface area contributed by atoms with Gasteiger partial charge in [0, 0.05) is 39.8 Å². The number of carbonyl (C=O) groups is 2. The summed E-state index contributed by atoms with van der Waals surface area (Å²) in [5, 5.41) is 17.3. The van der Waals surface area contributed by atoms with Crippen LogP contribution in [0.15, 0.2) is 0 Å². The number of carbonyl (C=O) groups excluding carboxylic acids is 1. The smallest absolute Gasteiger partial charge is 0.319 e. The summed E-state index contributed by atoms with van der Waals surface area (Å²) in [6.45, 7) is 2.87. The van der Waals surface area contributed by atoms with Gasteiger partial charge in [-0.3, -0.25) is 9.69 Å². The lowest BCUT2D eigenvalue weighted by Gasteiger charge is -2.26. The fourth-order valence-electron chi connectivity index (χ4n) is 2.07. The molecule has 0 aromatic carbocycles. The minimum Gasteiger partial charge on any atom is -0.480 e. The lowest BCUT2D eigenvalue weighted by atomic mass is 10.4. The van der Waals surface area contributed by atoms with Crippen LogP contribution in [0.5, 0.6) is 0 Å². The number of hydrogen-bond acceptors (Lipinski definition) is 4. The van der Waals surface area contributed by atoms with E-state index in [0.29, 0.717) is 39.1 Å². The SMILES string of the molecule is CN(CCC#N)C(=O)N1CCCN(CC(=O)O)CC1. The van der Waals surface area contributed by atoms with Gasteiger partial charge in [-0.25, -0.2) is 4.79 Å². The maximum Gasteiger partial charge on any atom is 0.319 e. The Bertz CT molecular complexity index is 366. The Balaban J connectivity index is 2.45. The summed E-state index contributed by atoms with van der Waals surface area (Å²) >= 11 is 0. The zero-order chi connectivity index (χ0) is 14.3. The molecule has 1 saturated heterocycles. The van der Waals surface area contributed by atoms with E-state index in [9.17, 15) is 9.59 Å². The Labute approximate surface area is 113 Å². The van der Waals surface area contributed by atoms with Crippen LogP contribution in [0.4, 0.5) is 4.79 Å². The van der Waals surface area contributed by atoms with Crippen molar-refractivity contribution in [2.24, 2.45) is 0 Å². The second-order valence-electron chi connectivity index (χ2n) is 4.62. The number of rotatable bonds is 4. The molecule has 1 N–H and O–H groups in total. The molecule has 0 aromatic rings. The van der Waals surface area contributed by atoms with Crippen molar-refractivity contribution in [1.82, 2.24) is 14.7 Å². The molecule has 0 bridgehead atoms. The van der Waals surface area contributed by atoms with Gasteiger partial charge in [0.25, 0.3) is 0 Å². The topological polar surface area (TPSA) is 87.9 Å². The molecule has 1 aliphatic rings. The van der Waals surface area contributed by atoms with Crippen LogP contribution in [0.3, 0.4) is 0 Å². The highest BCUT2D eigenvalue weighted by atomic mass is 16.4. The van der Waals surface area contributed by atoms with Gasteiger partial charge in [-0.2, -0.15) is 5.26 Å². The number of aliphatic carboxylic acids is 1. The van der Waals surface area contributed by atoms with Gasteiger partial charge in [-0.15, -0.1) is 0 Å². The Morgan fingerprint density at radius 1 is 1.32 bits per heavy atom. The van der Waals surface area contributed by atoms with Crippen molar-refractivity contribution in [3.05, 3.63) is 0 Å². The molecule has 1 heterocycles. The van der Waals surface area contributed by atoms with Crippen LogP contribution in [0.2, 0.25) is 0 Å². The van der Waals surface area contributed by atoms with Crippen LogP contribution >= 0.6 is 0 Å². The van der Waals surface area contributed by atoms with Gasteiger partial charge in [-0.1, -0.05) is 0 Å². The Hall–Kier alpha value is -1.81. The van der Waals surface area contributed by atoms with E-state index >= 15 is 0 Å². The van der Waals surface area contributed by atoms with E-state index in [1.807, 2.05) is 11.0 Å². The van der Waals surface area contributed by atoms with E-state index in [1.54, 1.807) is 11.9 Å². The first-order valence-electron chi connectivity index (χ1n) is 6.35. The Morgan fingerprint density at radius 2 is 2.05 bits per heavy atom. The molecule has 0 aromatic heterocycles. The van der Waals surface area contributed by atoms with Crippen LogP contribution in [0.1, 0.15) is 12.8 Å². The van der Waals surface area contributed by atoms with Gasteiger partial charge >= 0.3 is 12.0 Å². The number of hydrogen-bond donors (Lipinski definition) is 1. The largest absolute Gasteiger partial charge is 0.480 e. The molecule has 19 heavy (non-hydrogen) atoms. The summed E-state index contributed by atoms with van der Waals surface area (Å²) in [7, 11) is 1.68. The average Bonchev–Trinajstić information content (AvgIpc) is 2.60. The fourth-order valence-corrected chi connectivity index (χ4v) is 2.07. The summed E-state index contributed by atoms with van der Waals surface area (Å²) in [5.41, 5.74) is 0. The minimum absolute atomic E-state index is 0.0201. The molecular weight excluding hydrogens is 248 g/mol. The normalized spacial score (nSPS) is 16.5. The van der Waals surface area contributed by atoms with Crippen LogP contribution in [-0.4, -0.2) is 78.1 Å². The van der Waals surface area contributed by atoms with Crippen molar-refractivity contribution in [3.63, 3.8) is 0 Å². The summed E-state index contributed by atoms with van der Waals surface area (Å²) in [6.07, 6.45) is 1.09. The quantitative estimate of drug-likeness (QED) is 0.778. The van der Waals surface area contributed by atoms with Crippen molar-refractivity contribution in [3.8, 4) is 6.07 Å². The number of urea groups is 1. The highest BCUT2D eigenvalue weighted by Crippen LogP contribution is 2.06. The lowest BCUT2D eigenvalue weighted by molar-refractivity contribution is -0.138. The van der Waals surface area contributed by atoms with E-state index < -0.39 is 5.97 Å². The molecule has 0 unspecified atom stereocenters. The highest BCUT2D eigenvalue weighted by Gasteiger charge is 2.22. The molecule has 0 saturated carbocycles. The first-order chi connectivity index (χ1) is 9.04. The molecule has 1 rings (SSSR count). The van der Waals surface area contributed by atoms with Crippen LogP contribution < -0.4 is 0 Å². The van der Waals surface area contributed by atoms with Crippen LogP contribution in [0, 0.1) is 11.3 Å². The first-order valence-corrected chi connectivity index (χ1v) is 6.35. The monoisotopic (exact) mass is 268 g/mol. The van der Waals surface area contributed by atoms with Crippen LogP contribution in [-0.2, 0) is 4.79 Å². The second-order valence-corrected chi connectivity index (χ2v) is 4.62. The van der Waals surface area contributed by atoms with E-state index in [2.05, 4.69) is 0 Å². The minimum atomic E-state index is -0.842.